The van der Waals surface area contributed by atoms with E-state index in [1.807, 2.05) is 24.3 Å². The van der Waals surface area contributed by atoms with Crippen LogP contribution >= 0.6 is 24.0 Å². The van der Waals surface area contributed by atoms with Crippen LogP contribution in [0.25, 0.3) is 0 Å². The van der Waals surface area contributed by atoms with Crippen molar-refractivity contribution in [2.24, 2.45) is 4.99 Å². The molecule has 2 aromatic carbocycles. The second kappa shape index (κ2) is 10.1. The molecule has 0 aliphatic heterocycles. The van der Waals surface area contributed by atoms with Gasteiger partial charge in [-0.15, -0.1) is 24.0 Å². The minimum atomic E-state index is 0. The van der Waals surface area contributed by atoms with Gasteiger partial charge in [0.15, 0.2) is 5.96 Å². The van der Waals surface area contributed by atoms with Gasteiger partial charge in [0.1, 0.15) is 5.75 Å². The molecule has 0 aliphatic carbocycles. The predicted octanol–water partition coefficient (Wildman–Crippen LogP) is 3.49. The van der Waals surface area contributed by atoms with Crippen molar-refractivity contribution in [2.45, 2.75) is 20.0 Å². The van der Waals surface area contributed by atoms with Gasteiger partial charge in [-0.25, -0.2) is 0 Å². The first kappa shape index (κ1) is 19.3. The first-order valence-corrected chi connectivity index (χ1v) is 7.34. The number of nitrogens with zero attached hydrogens (tertiary/aromatic N) is 1. The summed E-state index contributed by atoms with van der Waals surface area (Å²) in [4.78, 5) is 4.24. The van der Waals surface area contributed by atoms with Crippen LogP contribution in [0.3, 0.4) is 0 Å². The number of methoxy groups -OCH3 is 1. The van der Waals surface area contributed by atoms with Gasteiger partial charge in [-0.1, -0.05) is 42.0 Å². The molecule has 0 amide bonds. The van der Waals surface area contributed by atoms with Gasteiger partial charge in [0, 0.05) is 20.1 Å². The maximum atomic E-state index is 5.16. The van der Waals surface area contributed by atoms with Gasteiger partial charge in [0.2, 0.25) is 0 Å². The zero-order chi connectivity index (χ0) is 15.8. The highest BCUT2D eigenvalue weighted by Gasteiger charge is 2.00. The summed E-state index contributed by atoms with van der Waals surface area (Å²) >= 11 is 0. The van der Waals surface area contributed by atoms with Crippen LogP contribution in [0.1, 0.15) is 16.7 Å². The zero-order valence-electron chi connectivity index (χ0n) is 13.8. The summed E-state index contributed by atoms with van der Waals surface area (Å²) in [7, 11) is 3.45. The molecule has 4 nitrogen and oxygen atoms in total. The van der Waals surface area contributed by atoms with E-state index in [0.717, 1.165) is 24.8 Å². The average Bonchev–Trinajstić information content (AvgIpc) is 2.55. The molecule has 0 saturated heterocycles. The van der Waals surface area contributed by atoms with Crippen molar-refractivity contribution in [3.05, 3.63) is 65.2 Å². The number of aryl methyl sites for hydroxylation is 1. The monoisotopic (exact) mass is 425 g/mol. The van der Waals surface area contributed by atoms with Crippen molar-refractivity contribution >= 4 is 29.9 Å². The molecule has 0 unspecified atom stereocenters. The van der Waals surface area contributed by atoms with E-state index in [4.69, 9.17) is 4.74 Å². The molecule has 0 saturated carbocycles. The lowest BCUT2D eigenvalue weighted by atomic mass is 10.1. The van der Waals surface area contributed by atoms with Gasteiger partial charge in [0.05, 0.1) is 7.11 Å². The molecule has 2 N–H and O–H groups in total. The van der Waals surface area contributed by atoms with Crippen LogP contribution in [0.15, 0.2) is 53.5 Å². The van der Waals surface area contributed by atoms with Crippen LogP contribution in [0.2, 0.25) is 0 Å². The number of hydrogen-bond acceptors (Lipinski definition) is 2. The van der Waals surface area contributed by atoms with Crippen molar-refractivity contribution in [2.75, 3.05) is 14.2 Å². The van der Waals surface area contributed by atoms with E-state index < -0.39 is 0 Å². The lowest BCUT2D eigenvalue weighted by Crippen LogP contribution is -2.36. The number of guanidine groups is 1. The van der Waals surface area contributed by atoms with E-state index in [9.17, 15) is 0 Å². The van der Waals surface area contributed by atoms with Gasteiger partial charge >= 0.3 is 0 Å². The number of halogens is 1. The number of ether oxygens (including phenoxy) is 1. The van der Waals surface area contributed by atoms with Gasteiger partial charge < -0.3 is 15.4 Å². The van der Waals surface area contributed by atoms with E-state index >= 15 is 0 Å². The average molecular weight is 425 g/mol. The van der Waals surface area contributed by atoms with Crippen LogP contribution < -0.4 is 15.4 Å². The Morgan fingerprint density at radius 1 is 1.00 bits per heavy atom. The Kier molecular flexibility index (Phi) is 8.47. The standard InChI is InChI=1S/C18H23N3O.HI/c1-14-5-4-6-16(11-14)13-21-18(19-2)20-12-15-7-9-17(22-3)10-8-15;/h4-11H,12-13H2,1-3H3,(H2,19,20,21);1H. The molecule has 2 aromatic rings. The van der Waals surface area contributed by atoms with Crippen LogP contribution in [-0.4, -0.2) is 20.1 Å². The molecule has 0 fully saturated rings. The first-order chi connectivity index (χ1) is 10.7. The smallest absolute Gasteiger partial charge is 0.191 e. The maximum Gasteiger partial charge on any atom is 0.191 e. The van der Waals surface area contributed by atoms with Crippen molar-refractivity contribution < 1.29 is 4.74 Å². The fourth-order valence-electron chi connectivity index (χ4n) is 2.16. The quantitative estimate of drug-likeness (QED) is 0.438. The number of nitrogens with one attached hydrogen (secondary N) is 2. The Balaban J connectivity index is 0.00000264. The highest BCUT2D eigenvalue weighted by Crippen LogP contribution is 2.10. The number of rotatable bonds is 5. The Morgan fingerprint density at radius 3 is 2.22 bits per heavy atom. The highest BCUT2D eigenvalue weighted by atomic mass is 127. The molecule has 0 aromatic heterocycles. The minimum Gasteiger partial charge on any atom is -0.497 e. The van der Waals surface area contributed by atoms with Crippen LogP contribution in [0.5, 0.6) is 5.75 Å². The highest BCUT2D eigenvalue weighted by molar-refractivity contribution is 14.0. The summed E-state index contributed by atoms with van der Waals surface area (Å²) in [6.07, 6.45) is 0. The fraction of sp³-hybridized carbons (Fsp3) is 0.278. The second-order valence-corrected chi connectivity index (χ2v) is 5.12. The van der Waals surface area contributed by atoms with Gasteiger partial charge in [-0.3, -0.25) is 4.99 Å². The predicted molar refractivity (Wildman–Crippen MR) is 107 cm³/mol. The van der Waals surface area contributed by atoms with E-state index in [1.165, 1.54) is 16.7 Å². The number of hydrogen-bond donors (Lipinski definition) is 2. The molecule has 0 bridgehead atoms. The van der Waals surface area contributed by atoms with E-state index in [0.29, 0.717) is 0 Å². The first-order valence-electron chi connectivity index (χ1n) is 7.34. The fourth-order valence-corrected chi connectivity index (χ4v) is 2.16. The topological polar surface area (TPSA) is 45.7 Å². The van der Waals surface area contributed by atoms with Crippen LogP contribution in [0, 0.1) is 6.92 Å². The summed E-state index contributed by atoms with van der Waals surface area (Å²) in [5, 5.41) is 6.63. The summed E-state index contributed by atoms with van der Waals surface area (Å²) in [6.45, 7) is 3.57. The largest absolute Gasteiger partial charge is 0.497 e. The van der Waals surface area contributed by atoms with E-state index in [1.54, 1.807) is 14.2 Å². The third-order valence-corrected chi connectivity index (χ3v) is 3.39. The van der Waals surface area contributed by atoms with Crippen molar-refractivity contribution in [1.29, 1.82) is 0 Å². The molecule has 23 heavy (non-hydrogen) atoms. The lowest BCUT2D eigenvalue weighted by molar-refractivity contribution is 0.414. The molecule has 0 heterocycles. The van der Waals surface area contributed by atoms with Crippen molar-refractivity contribution in [1.82, 2.24) is 10.6 Å². The minimum absolute atomic E-state index is 0. The van der Waals surface area contributed by atoms with Gasteiger partial charge in [-0.2, -0.15) is 0 Å². The molecule has 2 rings (SSSR count). The van der Waals surface area contributed by atoms with Gasteiger partial charge in [-0.05, 0) is 30.2 Å². The SMILES string of the molecule is CN=C(NCc1ccc(OC)cc1)NCc1cccc(C)c1.I. The molecule has 5 heteroatoms. The van der Waals surface area contributed by atoms with E-state index in [2.05, 4.69) is 46.8 Å². The summed E-state index contributed by atoms with van der Waals surface area (Å²) < 4.78 is 5.16. The Hall–Kier alpha value is -1.76. The Morgan fingerprint density at radius 2 is 1.65 bits per heavy atom. The van der Waals surface area contributed by atoms with E-state index in [-0.39, 0.29) is 24.0 Å². The zero-order valence-corrected chi connectivity index (χ0v) is 16.1. The lowest BCUT2D eigenvalue weighted by Gasteiger charge is -2.12. The molecule has 124 valence electrons. The summed E-state index contributed by atoms with van der Waals surface area (Å²) in [5.41, 5.74) is 3.69. The molecule has 0 radical (unpaired) electrons. The number of aliphatic imine (C=N–C) groups is 1. The van der Waals surface area contributed by atoms with Crippen molar-refractivity contribution in [3.8, 4) is 5.75 Å². The summed E-state index contributed by atoms with van der Waals surface area (Å²) in [6, 6.07) is 16.4. The maximum absolute atomic E-state index is 5.16. The number of benzene rings is 2. The summed E-state index contributed by atoms with van der Waals surface area (Å²) in [5.74, 6) is 1.66. The van der Waals surface area contributed by atoms with Gasteiger partial charge in [0.25, 0.3) is 0 Å². The normalized spacial score (nSPS) is 10.7. The Bertz CT molecular complexity index is 626. The third kappa shape index (κ3) is 6.48. The molecular formula is C18H24IN3O. The third-order valence-electron chi connectivity index (χ3n) is 3.39. The molecule has 0 atom stereocenters. The van der Waals surface area contributed by atoms with Crippen molar-refractivity contribution in [3.63, 3.8) is 0 Å². The molecular weight excluding hydrogens is 401 g/mol. The van der Waals surface area contributed by atoms with Crippen LogP contribution in [0.4, 0.5) is 0 Å². The Labute approximate surface area is 155 Å². The molecule has 0 aliphatic rings. The van der Waals surface area contributed by atoms with Crippen LogP contribution in [-0.2, 0) is 13.1 Å². The molecule has 0 spiro atoms. The second-order valence-electron chi connectivity index (χ2n) is 5.12.